The predicted octanol–water partition coefficient (Wildman–Crippen LogP) is 1.55. The van der Waals surface area contributed by atoms with Crippen molar-refractivity contribution in [2.75, 3.05) is 11.4 Å². The molecule has 0 radical (unpaired) electrons. The Morgan fingerprint density at radius 1 is 1.53 bits per heavy atom. The summed E-state index contributed by atoms with van der Waals surface area (Å²) in [5.41, 5.74) is 7.23. The number of hydrogen-bond acceptors (Lipinski definition) is 4. The van der Waals surface area contributed by atoms with E-state index in [-0.39, 0.29) is 11.4 Å². The first-order valence-corrected chi connectivity index (χ1v) is 5.76. The van der Waals surface area contributed by atoms with Crippen LogP contribution in [0.15, 0.2) is 23.5 Å². The first-order chi connectivity index (χ1) is 8.04. The van der Waals surface area contributed by atoms with Gasteiger partial charge in [0.25, 0.3) is 0 Å². The summed E-state index contributed by atoms with van der Waals surface area (Å²) in [6.07, 6.45) is 4.17. The van der Waals surface area contributed by atoms with Crippen LogP contribution >= 0.6 is 0 Å². The van der Waals surface area contributed by atoms with E-state index in [2.05, 4.69) is 28.9 Å². The molecule has 17 heavy (non-hydrogen) atoms. The summed E-state index contributed by atoms with van der Waals surface area (Å²) in [5.74, 6) is 0.0391. The van der Waals surface area contributed by atoms with Crippen molar-refractivity contribution < 1.29 is 5.21 Å². The molecule has 0 atom stereocenters. The number of aromatic nitrogens is 1. The SMILES string of the molecule is CC1(C)CCCN1c1ccc(/C(N)=N/O)nc1. The van der Waals surface area contributed by atoms with Crippen LogP contribution in [0, 0.1) is 0 Å². The topological polar surface area (TPSA) is 74.7 Å². The van der Waals surface area contributed by atoms with Gasteiger partial charge >= 0.3 is 0 Å². The van der Waals surface area contributed by atoms with Crippen molar-refractivity contribution in [1.82, 2.24) is 4.98 Å². The lowest BCUT2D eigenvalue weighted by Gasteiger charge is -2.33. The van der Waals surface area contributed by atoms with Crippen molar-refractivity contribution in [3.05, 3.63) is 24.0 Å². The second-order valence-electron chi connectivity index (χ2n) is 4.95. The molecular weight excluding hydrogens is 216 g/mol. The highest BCUT2D eigenvalue weighted by atomic mass is 16.4. The maximum Gasteiger partial charge on any atom is 0.188 e. The minimum Gasteiger partial charge on any atom is -0.409 e. The fourth-order valence-electron chi connectivity index (χ4n) is 2.33. The Hall–Kier alpha value is -1.78. The van der Waals surface area contributed by atoms with Gasteiger partial charge in [0.05, 0.1) is 11.9 Å². The number of rotatable bonds is 2. The van der Waals surface area contributed by atoms with Crippen LogP contribution < -0.4 is 10.6 Å². The molecule has 0 aliphatic carbocycles. The monoisotopic (exact) mass is 234 g/mol. The smallest absolute Gasteiger partial charge is 0.188 e. The number of hydrogen-bond donors (Lipinski definition) is 2. The maximum atomic E-state index is 8.56. The van der Waals surface area contributed by atoms with E-state index in [4.69, 9.17) is 10.9 Å². The van der Waals surface area contributed by atoms with Gasteiger partial charge in [-0.2, -0.15) is 0 Å². The first kappa shape index (κ1) is 11.7. The molecule has 0 saturated carbocycles. The lowest BCUT2D eigenvalue weighted by atomic mass is 10.0. The number of anilines is 1. The van der Waals surface area contributed by atoms with E-state index >= 15 is 0 Å². The highest BCUT2D eigenvalue weighted by Crippen LogP contribution is 2.32. The average Bonchev–Trinajstić information content (AvgIpc) is 2.68. The van der Waals surface area contributed by atoms with Crippen LogP contribution in [0.1, 0.15) is 32.4 Å². The van der Waals surface area contributed by atoms with Crippen molar-refractivity contribution in [2.45, 2.75) is 32.2 Å². The zero-order valence-corrected chi connectivity index (χ0v) is 10.2. The summed E-state index contributed by atoms with van der Waals surface area (Å²) in [5, 5.41) is 11.5. The van der Waals surface area contributed by atoms with Crippen molar-refractivity contribution in [2.24, 2.45) is 10.9 Å². The van der Waals surface area contributed by atoms with Gasteiger partial charge in [0.15, 0.2) is 5.84 Å². The van der Waals surface area contributed by atoms with Gasteiger partial charge in [0.2, 0.25) is 0 Å². The summed E-state index contributed by atoms with van der Waals surface area (Å²) in [6, 6.07) is 3.74. The number of nitrogens with zero attached hydrogens (tertiary/aromatic N) is 3. The van der Waals surface area contributed by atoms with Gasteiger partial charge in [-0.3, -0.25) is 4.98 Å². The molecule has 1 aliphatic heterocycles. The normalized spacial score (nSPS) is 19.6. The molecule has 0 spiro atoms. The molecule has 1 saturated heterocycles. The van der Waals surface area contributed by atoms with Crippen molar-refractivity contribution >= 4 is 11.5 Å². The second-order valence-corrected chi connectivity index (χ2v) is 4.95. The van der Waals surface area contributed by atoms with E-state index in [0.29, 0.717) is 5.69 Å². The molecule has 0 aromatic carbocycles. The van der Waals surface area contributed by atoms with E-state index in [1.807, 2.05) is 6.07 Å². The summed E-state index contributed by atoms with van der Waals surface area (Å²) in [7, 11) is 0. The molecule has 1 aliphatic rings. The summed E-state index contributed by atoms with van der Waals surface area (Å²) >= 11 is 0. The number of amidine groups is 1. The zero-order chi connectivity index (χ0) is 12.5. The number of pyridine rings is 1. The third-order valence-corrected chi connectivity index (χ3v) is 3.33. The molecule has 3 N–H and O–H groups in total. The standard InChI is InChI=1S/C12H18N4O/c1-12(2)6-3-7-16(12)9-4-5-10(14-8-9)11(13)15-17/h4-5,8,17H,3,6-7H2,1-2H3,(H2,13,15). The summed E-state index contributed by atoms with van der Waals surface area (Å²) < 4.78 is 0. The third kappa shape index (κ3) is 2.18. The first-order valence-electron chi connectivity index (χ1n) is 5.76. The molecule has 1 aromatic heterocycles. The molecule has 1 aromatic rings. The molecule has 0 bridgehead atoms. The number of oxime groups is 1. The average molecular weight is 234 g/mol. The van der Waals surface area contributed by atoms with E-state index in [9.17, 15) is 0 Å². The molecule has 0 unspecified atom stereocenters. The van der Waals surface area contributed by atoms with Gasteiger partial charge in [0.1, 0.15) is 5.69 Å². The molecule has 2 rings (SSSR count). The van der Waals surface area contributed by atoms with E-state index in [0.717, 1.165) is 12.2 Å². The number of nitrogens with two attached hydrogens (primary N) is 1. The Morgan fingerprint density at radius 2 is 2.29 bits per heavy atom. The van der Waals surface area contributed by atoms with Crippen LogP contribution in [0.4, 0.5) is 5.69 Å². The minimum absolute atomic E-state index is 0.0391. The van der Waals surface area contributed by atoms with E-state index in [1.54, 1.807) is 12.3 Å². The van der Waals surface area contributed by atoms with Gasteiger partial charge < -0.3 is 15.8 Å². The Morgan fingerprint density at radius 3 is 2.76 bits per heavy atom. The van der Waals surface area contributed by atoms with Crippen LogP contribution in [0.5, 0.6) is 0 Å². The van der Waals surface area contributed by atoms with Crippen LogP contribution in [0.3, 0.4) is 0 Å². The molecule has 92 valence electrons. The maximum absolute atomic E-state index is 8.56. The molecule has 5 nitrogen and oxygen atoms in total. The Kier molecular flexibility index (Phi) is 2.92. The Balaban J connectivity index is 2.24. The van der Waals surface area contributed by atoms with Gasteiger partial charge in [-0.25, -0.2) is 0 Å². The van der Waals surface area contributed by atoms with E-state index in [1.165, 1.54) is 12.8 Å². The van der Waals surface area contributed by atoms with Crippen molar-refractivity contribution in [1.29, 1.82) is 0 Å². The molecule has 2 heterocycles. The molecule has 0 amide bonds. The van der Waals surface area contributed by atoms with E-state index < -0.39 is 0 Å². The summed E-state index contributed by atoms with van der Waals surface area (Å²) in [6.45, 7) is 5.52. The minimum atomic E-state index is 0.0391. The van der Waals surface area contributed by atoms with Crippen LogP contribution in [0.25, 0.3) is 0 Å². The lowest BCUT2D eigenvalue weighted by Crippen LogP contribution is -2.38. The predicted molar refractivity (Wildman–Crippen MR) is 67.4 cm³/mol. The van der Waals surface area contributed by atoms with Gasteiger partial charge in [-0.05, 0) is 38.8 Å². The summed E-state index contributed by atoms with van der Waals surface area (Å²) in [4.78, 5) is 6.55. The lowest BCUT2D eigenvalue weighted by molar-refractivity contribution is 0.318. The third-order valence-electron chi connectivity index (χ3n) is 3.33. The largest absolute Gasteiger partial charge is 0.409 e. The fourth-order valence-corrected chi connectivity index (χ4v) is 2.33. The van der Waals surface area contributed by atoms with Gasteiger partial charge in [-0.1, -0.05) is 5.16 Å². The van der Waals surface area contributed by atoms with Crippen LogP contribution in [0.2, 0.25) is 0 Å². The highest BCUT2D eigenvalue weighted by molar-refractivity contribution is 5.95. The quantitative estimate of drug-likeness (QED) is 0.352. The van der Waals surface area contributed by atoms with Crippen molar-refractivity contribution in [3.63, 3.8) is 0 Å². The Labute approximate surface area is 101 Å². The molecule has 5 heteroatoms. The second kappa shape index (κ2) is 4.24. The zero-order valence-electron chi connectivity index (χ0n) is 10.2. The highest BCUT2D eigenvalue weighted by Gasteiger charge is 2.31. The molecule has 1 fully saturated rings. The van der Waals surface area contributed by atoms with Gasteiger partial charge in [-0.15, -0.1) is 0 Å². The van der Waals surface area contributed by atoms with Crippen LogP contribution in [-0.4, -0.2) is 28.1 Å². The fraction of sp³-hybridized carbons (Fsp3) is 0.500. The van der Waals surface area contributed by atoms with Gasteiger partial charge in [0, 0.05) is 12.1 Å². The van der Waals surface area contributed by atoms with Crippen LogP contribution in [-0.2, 0) is 0 Å². The Bertz CT molecular complexity index is 425. The van der Waals surface area contributed by atoms with Crippen molar-refractivity contribution in [3.8, 4) is 0 Å². The molecular formula is C12H18N4O.